The van der Waals surface area contributed by atoms with E-state index in [1.54, 1.807) is 0 Å². The molecule has 1 saturated heterocycles. The molecule has 4 nitrogen and oxygen atoms in total. The van der Waals surface area contributed by atoms with E-state index in [-0.39, 0.29) is 5.54 Å². The van der Waals surface area contributed by atoms with Gasteiger partial charge in [0.2, 0.25) is 0 Å². The molecule has 0 spiro atoms. The van der Waals surface area contributed by atoms with Gasteiger partial charge in [-0.15, -0.1) is 0 Å². The van der Waals surface area contributed by atoms with Crippen LogP contribution in [0.5, 0.6) is 0 Å². The Morgan fingerprint density at radius 1 is 1.29 bits per heavy atom. The average molecular weight is 290 g/mol. The Bertz CT molecular complexity index is 398. The highest BCUT2D eigenvalue weighted by Crippen LogP contribution is 2.40. The second-order valence-electron chi connectivity index (χ2n) is 7.59. The van der Waals surface area contributed by atoms with Gasteiger partial charge in [-0.1, -0.05) is 6.42 Å². The Kier molecular flexibility index (Phi) is 4.54. The number of nitriles is 1. The summed E-state index contributed by atoms with van der Waals surface area (Å²) in [5, 5.41) is 13.4. The van der Waals surface area contributed by atoms with E-state index in [0.29, 0.717) is 12.0 Å². The van der Waals surface area contributed by atoms with Gasteiger partial charge in [-0.05, 0) is 71.6 Å². The lowest BCUT2D eigenvalue weighted by molar-refractivity contribution is 0.231. The molecule has 3 rings (SSSR count). The smallest absolute Gasteiger partial charge is 0.109 e. The lowest BCUT2D eigenvalue weighted by Gasteiger charge is -2.31. The molecule has 21 heavy (non-hydrogen) atoms. The molecule has 3 atom stereocenters. The second-order valence-corrected chi connectivity index (χ2v) is 7.59. The van der Waals surface area contributed by atoms with E-state index in [0.717, 1.165) is 12.5 Å². The molecule has 0 bridgehead atoms. The predicted octanol–water partition coefficient (Wildman–Crippen LogP) is 1.83. The minimum atomic E-state index is -0.207. The van der Waals surface area contributed by atoms with Gasteiger partial charge in [0.25, 0.3) is 0 Å². The fourth-order valence-electron chi connectivity index (χ4n) is 4.21. The van der Waals surface area contributed by atoms with Crippen LogP contribution in [0, 0.1) is 17.2 Å². The van der Waals surface area contributed by atoms with Gasteiger partial charge in [0.1, 0.15) is 5.54 Å². The van der Waals surface area contributed by atoms with E-state index in [4.69, 9.17) is 0 Å². The van der Waals surface area contributed by atoms with Gasteiger partial charge in [0, 0.05) is 18.6 Å². The summed E-state index contributed by atoms with van der Waals surface area (Å²) in [5.74, 6) is 0.557. The van der Waals surface area contributed by atoms with E-state index in [2.05, 4.69) is 35.3 Å². The molecule has 0 aromatic carbocycles. The van der Waals surface area contributed by atoms with E-state index in [1.165, 1.54) is 58.2 Å². The molecule has 0 radical (unpaired) electrons. The van der Waals surface area contributed by atoms with Crippen molar-refractivity contribution in [3.8, 4) is 6.07 Å². The number of hydrogen-bond acceptors (Lipinski definition) is 4. The Balaban J connectivity index is 1.51. The third-order valence-corrected chi connectivity index (χ3v) is 5.83. The van der Waals surface area contributed by atoms with E-state index in [9.17, 15) is 5.26 Å². The van der Waals surface area contributed by atoms with Gasteiger partial charge in [-0.2, -0.15) is 5.26 Å². The van der Waals surface area contributed by atoms with Crippen molar-refractivity contribution in [2.75, 3.05) is 33.7 Å². The highest BCUT2D eigenvalue weighted by molar-refractivity contribution is 5.16. The van der Waals surface area contributed by atoms with Crippen LogP contribution in [0.4, 0.5) is 0 Å². The zero-order valence-corrected chi connectivity index (χ0v) is 13.6. The predicted molar refractivity (Wildman–Crippen MR) is 85.0 cm³/mol. The average Bonchev–Trinajstić information content (AvgIpc) is 3.01. The Morgan fingerprint density at radius 3 is 2.71 bits per heavy atom. The Hall–Kier alpha value is -0.630. The summed E-state index contributed by atoms with van der Waals surface area (Å²) in [6.07, 6.45) is 8.54. The van der Waals surface area contributed by atoms with Crippen molar-refractivity contribution >= 4 is 0 Å². The standard InChI is InChI=1S/C17H30N4/c1-20(2)16-8-11-21(12-16)10-7-14-4-3-9-17(14,13-18)19-15-5-6-15/h14-16,19H,3-12H2,1-2H3. The van der Waals surface area contributed by atoms with Crippen LogP contribution in [-0.4, -0.2) is 61.2 Å². The molecule has 0 aromatic heterocycles. The molecule has 1 heterocycles. The quantitative estimate of drug-likeness (QED) is 0.810. The minimum Gasteiger partial charge on any atom is -0.305 e. The molecule has 4 heteroatoms. The van der Waals surface area contributed by atoms with Crippen molar-refractivity contribution in [3.63, 3.8) is 0 Å². The Labute approximate surface area is 129 Å². The summed E-state index contributed by atoms with van der Waals surface area (Å²) in [6.45, 7) is 3.60. The molecule has 0 amide bonds. The van der Waals surface area contributed by atoms with Crippen molar-refractivity contribution < 1.29 is 0 Å². The molecule has 2 saturated carbocycles. The minimum absolute atomic E-state index is 0.207. The fourth-order valence-corrected chi connectivity index (χ4v) is 4.21. The second kappa shape index (κ2) is 6.24. The van der Waals surface area contributed by atoms with E-state index in [1.807, 2.05) is 0 Å². The highest BCUT2D eigenvalue weighted by Gasteiger charge is 2.46. The van der Waals surface area contributed by atoms with Gasteiger partial charge < -0.3 is 9.80 Å². The fraction of sp³-hybridized carbons (Fsp3) is 0.941. The monoisotopic (exact) mass is 290 g/mol. The van der Waals surface area contributed by atoms with Gasteiger partial charge in [-0.25, -0.2) is 0 Å². The zero-order valence-electron chi connectivity index (χ0n) is 13.6. The van der Waals surface area contributed by atoms with Crippen molar-refractivity contribution in [2.24, 2.45) is 5.92 Å². The maximum absolute atomic E-state index is 9.74. The van der Waals surface area contributed by atoms with Crippen LogP contribution in [0.1, 0.15) is 44.9 Å². The normalized spacial score (nSPS) is 37.2. The van der Waals surface area contributed by atoms with Crippen LogP contribution in [0.2, 0.25) is 0 Å². The first-order chi connectivity index (χ1) is 10.1. The first kappa shape index (κ1) is 15.3. The maximum atomic E-state index is 9.74. The summed E-state index contributed by atoms with van der Waals surface area (Å²) in [6, 6.07) is 4.02. The van der Waals surface area contributed by atoms with Crippen LogP contribution in [0.3, 0.4) is 0 Å². The molecule has 1 aliphatic heterocycles. The van der Waals surface area contributed by atoms with E-state index < -0.39 is 0 Å². The molecule has 0 aromatic rings. The molecule has 3 aliphatic rings. The molecule has 118 valence electrons. The largest absolute Gasteiger partial charge is 0.305 e. The van der Waals surface area contributed by atoms with Crippen LogP contribution in [0.25, 0.3) is 0 Å². The van der Waals surface area contributed by atoms with Crippen LogP contribution < -0.4 is 5.32 Å². The third-order valence-electron chi connectivity index (χ3n) is 5.83. The highest BCUT2D eigenvalue weighted by atomic mass is 15.2. The molecule has 3 fully saturated rings. The maximum Gasteiger partial charge on any atom is 0.109 e. The van der Waals surface area contributed by atoms with Crippen molar-refractivity contribution in [2.45, 2.75) is 62.6 Å². The first-order valence-electron chi connectivity index (χ1n) is 8.71. The SMILES string of the molecule is CN(C)C1CCN(CCC2CCCC2(C#N)NC2CC2)C1. The van der Waals surface area contributed by atoms with E-state index >= 15 is 0 Å². The molecular weight excluding hydrogens is 260 g/mol. The molecule has 2 aliphatic carbocycles. The van der Waals surface area contributed by atoms with Crippen LogP contribution in [0.15, 0.2) is 0 Å². The summed E-state index contributed by atoms with van der Waals surface area (Å²) in [7, 11) is 4.37. The summed E-state index contributed by atoms with van der Waals surface area (Å²) in [5.41, 5.74) is -0.207. The lowest BCUT2D eigenvalue weighted by atomic mass is 9.85. The number of hydrogen-bond donors (Lipinski definition) is 1. The molecular formula is C17H30N4. The topological polar surface area (TPSA) is 42.3 Å². The van der Waals surface area contributed by atoms with Crippen LogP contribution in [-0.2, 0) is 0 Å². The molecule has 1 N–H and O–H groups in total. The van der Waals surface area contributed by atoms with Gasteiger partial charge >= 0.3 is 0 Å². The third kappa shape index (κ3) is 3.41. The van der Waals surface area contributed by atoms with Crippen molar-refractivity contribution in [1.82, 2.24) is 15.1 Å². The number of nitrogens with one attached hydrogen (secondary N) is 1. The van der Waals surface area contributed by atoms with Crippen LogP contribution >= 0.6 is 0 Å². The van der Waals surface area contributed by atoms with Gasteiger partial charge in [-0.3, -0.25) is 5.32 Å². The van der Waals surface area contributed by atoms with Gasteiger partial charge in [0.15, 0.2) is 0 Å². The summed E-state index contributed by atoms with van der Waals surface area (Å²) < 4.78 is 0. The summed E-state index contributed by atoms with van der Waals surface area (Å²) >= 11 is 0. The lowest BCUT2D eigenvalue weighted by Crippen LogP contribution is -2.49. The number of likely N-dealkylation sites (N-methyl/N-ethyl adjacent to an activating group) is 1. The van der Waals surface area contributed by atoms with Crippen molar-refractivity contribution in [1.29, 1.82) is 5.26 Å². The van der Waals surface area contributed by atoms with Gasteiger partial charge in [0.05, 0.1) is 6.07 Å². The Morgan fingerprint density at radius 2 is 2.10 bits per heavy atom. The molecule has 3 unspecified atom stereocenters. The summed E-state index contributed by atoms with van der Waals surface area (Å²) in [4.78, 5) is 4.95. The van der Waals surface area contributed by atoms with Crippen molar-refractivity contribution in [3.05, 3.63) is 0 Å². The zero-order chi connectivity index (χ0) is 14.9. The number of nitrogens with zero attached hydrogens (tertiary/aromatic N) is 3. The number of rotatable bonds is 6. The first-order valence-corrected chi connectivity index (χ1v) is 8.71. The number of likely N-dealkylation sites (tertiary alicyclic amines) is 1.